The fourth-order valence-electron chi connectivity index (χ4n) is 4.82. The van der Waals surface area contributed by atoms with Gasteiger partial charge in [-0.3, -0.25) is 9.59 Å². The second-order valence-electron chi connectivity index (χ2n) is 8.72. The molecule has 1 aliphatic rings. The van der Waals surface area contributed by atoms with Crippen LogP contribution in [0.2, 0.25) is 5.02 Å². The summed E-state index contributed by atoms with van der Waals surface area (Å²) in [6.45, 7) is 0.267. The number of aromatic nitrogens is 1. The minimum Gasteiger partial charge on any atom is -0.507 e. The molecule has 1 aromatic heterocycles. The third-order valence-electron chi connectivity index (χ3n) is 6.68. The number of nitrogens with one attached hydrogen (secondary N) is 1. The standard InChI is InChI=1S/C29H25ClN2O5/c1-36-23-12-9-18(15-24(23)37-2)26-25(27(33)17-7-10-20(30)11-8-17)28(34)29(35)32(26)14-13-19-16-31-22-6-4-3-5-21(19)22/h3-12,15-16,26,31,33H,13-14H2,1-2H3/b27-25-. The largest absolute Gasteiger partial charge is 0.507 e. The highest BCUT2D eigenvalue weighted by atomic mass is 35.5. The van der Waals surface area contributed by atoms with Crippen molar-refractivity contribution in [2.75, 3.05) is 20.8 Å². The number of halogens is 1. The molecule has 1 fully saturated rings. The number of carbonyl (C=O) groups is 2. The lowest BCUT2D eigenvalue weighted by atomic mass is 9.95. The number of H-pyrrole nitrogens is 1. The van der Waals surface area contributed by atoms with Gasteiger partial charge in [0.15, 0.2) is 11.5 Å². The number of methoxy groups -OCH3 is 2. The number of para-hydroxylation sites is 1. The van der Waals surface area contributed by atoms with Gasteiger partial charge in [-0.25, -0.2) is 0 Å². The van der Waals surface area contributed by atoms with E-state index < -0.39 is 17.7 Å². The second kappa shape index (κ2) is 10.0. The summed E-state index contributed by atoms with van der Waals surface area (Å²) < 4.78 is 10.8. The number of fused-ring (bicyclic) bond motifs is 1. The van der Waals surface area contributed by atoms with E-state index in [0.29, 0.717) is 34.1 Å². The first-order chi connectivity index (χ1) is 17.9. The van der Waals surface area contributed by atoms with E-state index in [1.807, 2.05) is 30.5 Å². The first-order valence-electron chi connectivity index (χ1n) is 11.7. The number of aliphatic hydroxyl groups is 1. The number of aromatic amines is 1. The normalized spacial score (nSPS) is 16.9. The lowest BCUT2D eigenvalue weighted by Gasteiger charge is -2.26. The van der Waals surface area contributed by atoms with Gasteiger partial charge in [0, 0.05) is 34.2 Å². The zero-order valence-electron chi connectivity index (χ0n) is 20.3. The van der Waals surface area contributed by atoms with E-state index in [4.69, 9.17) is 21.1 Å². The number of rotatable bonds is 7. The Bertz CT molecular complexity index is 1520. The molecular weight excluding hydrogens is 492 g/mol. The number of nitrogens with zero attached hydrogens (tertiary/aromatic N) is 1. The third kappa shape index (κ3) is 4.42. The first kappa shape index (κ1) is 24.5. The van der Waals surface area contributed by atoms with E-state index in [2.05, 4.69) is 4.98 Å². The van der Waals surface area contributed by atoms with Crippen LogP contribution < -0.4 is 9.47 Å². The number of hydrogen-bond acceptors (Lipinski definition) is 5. The molecule has 0 aliphatic carbocycles. The van der Waals surface area contributed by atoms with Crippen LogP contribution in [0.15, 0.2) is 78.5 Å². The Morgan fingerprint density at radius 1 is 1.00 bits per heavy atom. The average molecular weight is 517 g/mol. The van der Waals surface area contributed by atoms with Crippen LogP contribution in [0.4, 0.5) is 0 Å². The number of Topliss-reactive ketones (excluding diaryl/α,β-unsaturated/α-hetero) is 1. The van der Waals surface area contributed by atoms with Crippen molar-refractivity contribution in [3.8, 4) is 11.5 Å². The highest BCUT2D eigenvalue weighted by molar-refractivity contribution is 6.46. The zero-order chi connectivity index (χ0) is 26.1. The Kier molecular flexibility index (Phi) is 6.63. The number of hydrogen-bond donors (Lipinski definition) is 2. The zero-order valence-corrected chi connectivity index (χ0v) is 21.1. The molecule has 2 N–H and O–H groups in total. The lowest BCUT2D eigenvalue weighted by molar-refractivity contribution is -0.139. The predicted octanol–water partition coefficient (Wildman–Crippen LogP) is 5.50. The minimum atomic E-state index is -0.819. The number of benzene rings is 3. The summed E-state index contributed by atoms with van der Waals surface area (Å²) in [5.41, 5.74) is 3.05. The van der Waals surface area contributed by atoms with Crippen molar-refractivity contribution in [3.63, 3.8) is 0 Å². The molecule has 37 heavy (non-hydrogen) atoms. The van der Waals surface area contributed by atoms with Gasteiger partial charge in [0.25, 0.3) is 11.7 Å². The Labute approximate surface area is 218 Å². The molecule has 1 atom stereocenters. The van der Waals surface area contributed by atoms with Gasteiger partial charge in [0.05, 0.1) is 25.8 Å². The summed E-state index contributed by atoms with van der Waals surface area (Å²) in [4.78, 5) is 31.4. The number of likely N-dealkylation sites (tertiary alicyclic amines) is 1. The molecule has 3 aromatic carbocycles. The van der Waals surface area contributed by atoms with E-state index >= 15 is 0 Å². The van der Waals surface area contributed by atoms with E-state index in [1.165, 1.54) is 19.1 Å². The topological polar surface area (TPSA) is 91.9 Å². The Balaban J connectivity index is 1.60. The number of carbonyl (C=O) groups excluding carboxylic acids is 2. The van der Waals surface area contributed by atoms with Crippen molar-refractivity contribution in [1.82, 2.24) is 9.88 Å². The van der Waals surface area contributed by atoms with Gasteiger partial charge >= 0.3 is 0 Å². The van der Waals surface area contributed by atoms with Crippen molar-refractivity contribution in [2.45, 2.75) is 12.5 Å². The molecule has 1 saturated heterocycles. The van der Waals surface area contributed by atoms with E-state index in [-0.39, 0.29) is 17.9 Å². The Hall–Kier alpha value is -4.23. The molecule has 8 heteroatoms. The van der Waals surface area contributed by atoms with E-state index in [9.17, 15) is 14.7 Å². The number of ketones is 1. The van der Waals surface area contributed by atoms with E-state index in [0.717, 1.165) is 16.5 Å². The van der Waals surface area contributed by atoms with Crippen molar-refractivity contribution in [3.05, 3.63) is 100 Å². The molecule has 0 radical (unpaired) electrons. The first-order valence-corrected chi connectivity index (χ1v) is 12.1. The summed E-state index contributed by atoms with van der Waals surface area (Å²) in [7, 11) is 3.05. The lowest BCUT2D eigenvalue weighted by Crippen LogP contribution is -2.31. The van der Waals surface area contributed by atoms with Crippen molar-refractivity contribution >= 4 is 40.0 Å². The maximum Gasteiger partial charge on any atom is 0.295 e. The molecule has 1 amide bonds. The minimum absolute atomic E-state index is 0.0125. The summed E-state index contributed by atoms with van der Waals surface area (Å²) in [6, 6.07) is 18.8. The summed E-state index contributed by atoms with van der Waals surface area (Å²) in [6.07, 6.45) is 2.43. The smallest absolute Gasteiger partial charge is 0.295 e. The molecular formula is C29H25ClN2O5. The maximum atomic E-state index is 13.3. The monoisotopic (exact) mass is 516 g/mol. The molecule has 188 valence electrons. The third-order valence-corrected chi connectivity index (χ3v) is 6.93. The van der Waals surface area contributed by atoms with Crippen molar-refractivity contribution < 1.29 is 24.2 Å². The van der Waals surface area contributed by atoms with Crippen LogP contribution in [0.3, 0.4) is 0 Å². The van der Waals surface area contributed by atoms with Crippen molar-refractivity contribution in [1.29, 1.82) is 0 Å². The molecule has 7 nitrogen and oxygen atoms in total. The van der Waals surface area contributed by atoms with Crippen LogP contribution in [-0.2, 0) is 16.0 Å². The molecule has 0 spiro atoms. The molecule has 5 rings (SSSR count). The Morgan fingerprint density at radius 3 is 2.46 bits per heavy atom. The van der Waals surface area contributed by atoms with Gasteiger partial charge < -0.3 is 24.5 Å². The van der Waals surface area contributed by atoms with Crippen LogP contribution in [0.1, 0.15) is 22.7 Å². The van der Waals surface area contributed by atoms with Gasteiger partial charge in [-0.2, -0.15) is 0 Å². The molecule has 1 unspecified atom stereocenters. The van der Waals surface area contributed by atoms with Crippen LogP contribution in [-0.4, -0.2) is 47.4 Å². The highest BCUT2D eigenvalue weighted by Gasteiger charge is 2.46. The average Bonchev–Trinajstić information content (AvgIpc) is 3.45. The molecule has 0 saturated carbocycles. The molecule has 2 heterocycles. The van der Waals surface area contributed by atoms with Crippen LogP contribution in [0.25, 0.3) is 16.7 Å². The summed E-state index contributed by atoms with van der Waals surface area (Å²) >= 11 is 6.01. The quantitative estimate of drug-likeness (QED) is 0.192. The number of amides is 1. The summed E-state index contributed by atoms with van der Waals surface area (Å²) in [5, 5.41) is 12.8. The number of ether oxygens (including phenoxy) is 2. The number of aliphatic hydroxyl groups excluding tert-OH is 1. The second-order valence-corrected chi connectivity index (χ2v) is 9.16. The fraction of sp³-hybridized carbons (Fsp3) is 0.172. The van der Waals surface area contributed by atoms with E-state index in [1.54, 1.807) is 42.5 Å². The summed E-state index contributed by atoms with van der Waals surface area (Å²) in [5.74, 6) is -0.709. The van der Waals surface area contributed by atoms with Gasteiger partial charge in [0.2, 0.25) is 0 Å². The SMILES string of the molecule is COc1ccc(C2/C(=C(/O)c3ccc(Cl)cc3)C(=O)C(=O)N2CCc2c[nH]c3ccccc23)cc1OC. The van der Waals surface area contributed by atoms with Crippen LogP contribution in [0.5, 0.6) is 11.5 Å². The predicted molar refractivity (Wildman–Crippen MR) is 142 cm³/mol. The Morgan fingerprint density at radius 2 is 1.73 bits per heavy atom. The van der Waals surface area contributed by atoms with Gasteiger partial charge in [-0.05, 0) is 60.0 Å². The maximum absolute atomic E-state index is 13.3. The molecule has 0 bridgehead atoms. The van der Waals surface area contributed by atoms with Gasteiger partial charge in [0.1, 0.15) is 5.76 Å². The van der Waals surface area contributed by atoms with Crippen LogP contribution >= 0.6 is 11.6 Å². The highest BCUT2D eigenvalue weighted by Crippen LogP contribution is 2.42. The van der Waals surface area contributed by atoms with Gasteiger partial charge in [-0.1, -0.05) is 35.9 Å². The molecule has 1 aliphatic heterocycles. The van der Waals surface area contributed by atoms with Gasteiger partial charge in [-0.15, -0.1) is 0 Å². The molecule has 4 aromatic rings. The van der Waals surface area contributed by atoms with Crippen molar-refractivity contribution in [2.24, 2.45) is 0 Å². The fourth-order valence-corrected chi connectivity index (χ4v) is 4.95. The van der Waals surface area contributed by atoms with Crippen LogP contribution in [0, 0.1) is 0 Å².